The Morgan fingerprint density at radius 1 is 2.00 bits per heavy atom. The largest absolute Gasteiger partial charge is 0.445 e. The topological polar surface area (TPSA) is 50.7 Å². The summed E-state index contributed by atoms with van der Waals surface area (Å²) < 4.78 is 8.07. The first kappa shape index (κ1) is 5.51. The van der Waals surface area contributed by atoms with Crippen molar-refractivity contribution in [3.8, 4) is 0 Å². The third kappa shape index (κ3) is 0.954. The van der Waals surface area contributed by atoms with Crippen LogP contribution in [0.25, 0.3) is 0 Å². The van der Waals surface area contributed by atoms with Crippen LogP contribution >= 0.6 is 9.03 Å². The van der Waals surface area contributed by atoms with Gasteiger partial charge in [0.1, 0.15) is 6.61 Å². The van der Waals surface area contributed by atoms with Crippen molar-refractivity contribution in [1.82, 2.24) is 5.32 Å². The van der Waals surface area contributed by atoms with Crippen molar-refractivity contribution in [2.45, 2.75) is 6.17 Å². The summed E-state index contributed by atoms with van der Waals surface area (Å²) in [5.41, 5.74) is 0. The second kappa shape index (κ2) is 2.09. The molecule has 44 valence electrons. The normalized spacial score (nSPS) is 26.5. The van der Waals surface area contributed by atoms with Crippen LogP contribution in [0, 0.1) is 0 Å². The Morgan fingerprint density at radius 3 is 3.00 bits per heavy atom. The van der Waals surface area contributed by atoms with E-state index in [1.54, 1.807) is 0 Å². The van der Waals surface area contributed by atoms with Crippen molar-refractivity contribution < 1.29 is 9.53 Å². The zero-order valence-electron chi connectivity index (χ0n) is 4.05. The van der Waals surface area contributed by atoms with Gasteiger partial charge in [0.15, 0.2) is 6.17 Å². The number of hydrogen-bond donors (Lipinski definition) is 1. The monoisotopic (exact) mass is 132 g/mol. The second-order valence-corrected chi connectivity index (χ2v) is 1.65. The lowest BCUT2D eigenvalue weighted by Crippen LogP contribution is -2.22. The van der Waals surface area contributed by atoms with Crippen LogP contribution in [0.2, 0.25) is 0 Å². The zero-order chi connectivity index (χ0) is 5.98. The molecule has 0 spiro atoms. The summed E-state index contributed by atoms with van der Waals surface area (Å²) in [6, 6.07) is 0. The summed E-state index contributed by atoms with van der Waals surface area (Å²) in [7, 11) is 2.88. The lowest BCUT2D eigenvalue weighted by Gasteiger charge is -1.92. The molecule has 1 saturated heterocycles. The average Bonchev–Trinajstić information content (AvgIpc) is 2.14. The maximum absolute atomic E-state index is 10.2. The van der Waals surface area contributed by atoms with Crippen LogP contribution < -0.4 is 5.32 Å². The van der Waals surface area contributed by atoms with Gasteiger partial charge in [0.2, 0.25) is 0 Å². The fraction of sp³-hybridized carbons (Fsp3) is 0.667. The Balaban J connectivity index is 2.43. The number of alkyl carbamates (subject to hydrolysis) is 1. The SMILES string of the molecule is O=C1N[C@@H](N=P)CO1. The van der Waals surface area contributed by atoms with Crippen molar-refractivity contribution >= 4 is 15.1 Å². The molecule has 0 aliphatic carbocycles. The van der Waals surface area contributed by atoms with Crippen LogP contribution in [0.1, 0.15) is 0 Å². The highest BCUT2D eigenvalue weighted by Gasteiger charge is 2.19. The average molecular weight is 132 g/mol. The summed E-state index contributed by atoms with van der Waals surface area (Å²) in [6.07, 6.45) is -0.615. The molecule has 0 aromatic carbocycles. The minimum absolute atomic E-state index is 0.209. The van der Waals surface area contributed by atoms with Crippen LogP contribution in [0.5, 0.6) is 0 Å². The first-order chi connectivity index (χ1) is 3.83. The Bertz CT molecular complexity index is 126. The zero-order valence-corrected chi connectivity index (χ0v) is 5.05. The summed E-state index contributed by atoms with van der Waals surface area (Å²) in [6.45, 7) is 0.322. The molecule has 0 unspecified atom stereocenters. The smallest absolute Gasteiger partial charge is 0.409 e. The van der Waals surface area contributed by atoms with Gasteiger partial charge in [-0.2, -0.15) is 0 Å². The van der Waals surface area contributed by atoms with Gasteiger partial charge in [-0.05, 0) is 9.03 Å². The summed E-state index contributed by atoms with van der Waals surface area (Å²) >= 11 is 0. The highest BCUT2D eigenvalue weighted by atomic mass is 31.0. The van der Waals surface area contributed by atoms with E-state index in [-0.39, 0.29) is 6.17 Å². The number of rotatable bonds is 1. The van der Waals surface area contributed by atoms with Crippen molar-refractivity contribution in [2.75, 3.05) is 6.61 Å². The van der Waals surface area contributed by atoms with Gasteiger partial charge in [-0.25, -0.2) is 9.54 Å². The molecule has 4 nitrogen and oxygen atoms in total. The van der Waals surface area contributed by atoms with E-state index >= 15 is 0 Å². The van der Waals surface area contributed by atoms with Gasteiger partial charge < -0.3 is 4.74 Å². The fourth-order valence-electron chi connectivity index (χ4n) is 0.444. The van der Waals surface area contributed by atoms with Crippen LogP contribution in [-0.2, 0) is 4.74 Å². The molecule has 1 amide bonds. The molecule has 1 aliphatic rings. The van der Waals surface area contributed by atoms with E-state index in [0.717, 1.165) is 0 Å². The minimum Gasteiger partial charge on any atom is -0.445 e. The fourth-order valence-corrected chi connectivity index (χ4v) is 0.583. The molecule has 1 fully saturated rings. The molecule has 8 heavy (non-hydrogen) atoms. The number of cyclic esters (lactones) is 1. The van der Waals surface area contributed by atoms with E-state index in [9.17, 15) is 4.79 Å². The van der Waals surface area contributed by atoms with E-state index in [4.69, 9.17) is 0 Å². The molecule has 5 heteroatoms. The first-order valence-corrected chi connectivity index (χ1v) is 2.57. The molecule has 1 N–H and O–H groups in total. The Kier molecular flexibility index (Phi) is 1.44. The Morgan fingerprint density at radius 2 is 2.75 bits per heavy atom. The maximum Gasteiger partial charge on any atom is 0.409 e. The second-order valence-electron chi connectivity index (χ2n) is 1.39. The highest BCUT2D eigenvalue weighted by molar-refractivity contribution is 7.04. The molecule has 0 bridgehead atoms. The Hall–Kier alpha value is -0.630. The number of nitrogens with one attached hydrogen (secondary N) is 1. The predicted molar refractivity (Wildman–Crippen MR) is 29.0 cm³/mol. The molecule has 0 saturated carbocycles. The molecule has 1 atom stereocenters. The standard InChI is InChI=1S/C3H5N2O2P/c6-3-4-2(5-8)1-7-3/h2,8H,1H2,(H,4,6)/t2-/m0/s1. The van der Waals surface area contributed by atoms with Gasteiger partial charge in [0, 0.05) is 0 Å². The molecular weight excluding hydrogens is 127 g/mol. The summed E-state index contributed by atoms with van der Waals surface area (Å²) in [5.74, 6) is 0. The van der Waals surface area contributed by atoms with Crippen LogP contribution in [0.4, 0.5) is 4.79 Å². The number of carbonyl (C=O) groups is 1. The number of ether oxygens (including phenoxy) is 1. The van der Waals surface area contributed by atoms with E-state index in [2.05, 4.69) is 23.8 Å². The van der Waals surface area contributed by atoms with Gasteiger partial charge in [-0.15, -0.1) is 0 Å². The number of carbonyl (C=O) groups excluding carboxylic acids is 1. The third-order valence-electron chi connectivity index (χ3n) is 0.813. The number of hydrogen-bond acceptors (Lipinski definition) is 3. The maximum atomic E-state index is 10.2. The number of amides is 1. The molecule has 1 heterocycles. The van der Waals surface area contributed by atoms with Crippen LogP contribution in [0.15, 0.2) is 4.74 Å². The highest BCUT2D eigenvalue weighted by Crippen LogP contribution is 1.98. The molecule has 1 aliphatic heterocycles. The van der Waals surface area contributed by atoms with E-state index in [1.165, 1.54) is 0 Å². The van der Waals surface area contributed by atoms with Crippen molar-refractivity contribution in [3.05, 3.63) is 0 Å². The van der Waals surface area contributed by atoms with Crippen molar-refractivity contribution in [2.24, 2.45) is 4.74 Å². The van der Waals surface area contributed by atoms with Gasteiger partial charge in [-0.1, -0.05) is 0 Å². The van der Waals surface area contributed by atoms with Crippen molar-refractivity contribution in [1.29, 1.82) is 0 Å². The van der Waals surface area contributed by atoms with Gasteiger partial charge in [0.25, 0.3) is 0 Å². The molecule has 0 aromatic heterocycles. The minimum atomic E-state index is -0.406. The van der Waals surface area contributed by atoms with Crippen LogP contribution in [-0.4, -0.2) is 18.9 Å². The Labute approximate surface area is 48.5 Å². The first-order valence-electron chi connectivity index (χ1n) is 2.13. The predicted octanol–water partition coefficient (Wildman–Crippen LogP) is 0.379. The molecule has 0 aromatic rings. The lowest BCUT2D eigenvalue weighted by molar-refractivity contribution is 0.177. The molecule has 0 radical (unpaired) electrons. The third-order valence-corrected chi connectivity index (χ3v) is 1.12. The van der Waals surface area contributed by atoms with Crippen LogP contribution in [0.3, 0.4) is 0 Å². The van der Waals surface area contributed by atoms with E-state index < -0.39 is 6.09 Å². The van der Waals surface area contributed by atoms with E-state index in [1.807, 2.05) is 0 Å². The summed E-state index contributed by atoms with van der Waals surface area (Å²) in [5, 5.41) is 2.43. The van der Waals surface area contributed by atoms with Gasteiger partial charge >= 0.3 is 6.09 Å². The number of nitrogens with zero attached hydrogens (tertiary/aromatic N) is 1. The van der Waals surface area contributed by atoms with Crippen molar-refractivity contribution in [3.63, 3.8) is 0 Å². The molecular formula is C3H5N2O2P. The summed E-state index contributed by atoms with van der Waals surface area (Å²) in [4.78, 5) is 10.2. The lowest BCUT2D eigenvalue weighted by atomic mass is 10.6. The van der Waals surface area contributed by atoms with E-state index in [0.29, 0.717) is 6.61 Å². The van der Waals surface area contributed by atoms with Gasteiger partial charge in [0.05, 0.1) is 0 Å². The molecule has 1 rings (SSSR count). The quantitative estimate of drug-likeness (QED) is 0.524. The van der Waals surface area contributed by atoms with Gasteiger partial charge in [-0.3, -0.25) is 5.32 Å².